The molecular formula is C19H15ClFN5OS. The van der Waals surface area contributed by atoms with Crippen molar-refractivity contribution in [3.63, 3.8) is 0 Å². The van der Waals surface area contributed by atoms with E-state index in [9.17, 15) is 4.39 Å². The molecule has 9 heteroatoms. The molecule has 0 aliphatic rings. The Balaban J connectivity index is 1.55. The molecule has 0 amide bonds. The molecule has 0 saturated carbocycles. The van der Waals surface area contributed by atoms with Gasteiger partial charge in [0.2, 0.25) is 0 Å². The van der Waals surface area contributed by atoms with E-state index >= 15 is 0 Å². The Morgan fingerprint density at radius 2 is 1.93 bits per heavy atom. The normalized spacial score (nSPS) is 12.3. The van der Waals surface area contributed by atoms with E-state index in [2.05, 4.69) is 20.3 Å². The number of hydrogen-bond donors (Lipinski definition) is 0. The Morgan fingerprint density at radius 1 is 1.14 bits per heavy atom. The smallest absolute Gasteiger partial charge is 0.191 e. The van der Waals surface area contributed by atoms with Crippen molar-refractivity contribution in [1.82, 2.24) is 24.9 Å². The molecule has 6 nitrogen and oxygen atoms in total. The van der Waals surface area contributed by atoms with Gasteiger partial charge in [-0.2, -0.15) is 0 Å². The lowest BCUT2D eigenvalue weighted by Crippen LogP contribution is -1.97. The van der Waals surface area contributed by atoms with Crippen molar-refractivity contribution in [2.75, 3.05) is 0 Å². The van der Waals surface area contributed by atoms with Crippen LogP contribution in [0.2, 0.25) is 5.02 Å². The summed E-state index contributed by atoms with van der Waals surface area (Å²) < 4.78 is 21.3. The second kappa shape index (κ2) is 7.73. The largest absolute Gasteiger partial charge is 0.356 e. The van der Waals surface area contributed by atoms with Crippen molar-refractivity contribution in [2.45, 2.75) is 17.3 Å². The summed E-state index contributed by atoms with van der Waals surface area (Å²) in [6.45, 7) is 1.97. The lowest BCUT2D eigenvalue weighted by atomic mass is 10.1. The second-order valence-corrected chi connectivity index (χ2v) is 7.85. The molecule has 0 N–H and O–H groups in total. The van der Waals surface area contributed by atoms with Crippen LogP contribution in [-0.2, 0) is 7.05 Å². The number of aromatic nitrogens is 5. The summed E-state index contributed by atoms with van der Waals surface area (Å²) >= 11 is 7.44. The zero-order valence-corrected chi connectivity index (χ0v) is 16.6. The van der Waals surface area contributed by atoms with Gasteiger partial charge in [0, 0.05) is 36.1 Å². The molecule has 0 spiro atoms. The van der Waals surface area contributed by atoms with Crippen LogP contribution in [-0.4, -0.2) is 24.9 Å². The molecule has 0 aliphatic heterocycles. The molecule has 0 fully saturated rings. The molecule has 4 aromatic rings. The molecular weight excluding hydrogens is 401 g/mol. The summed E-state index contributed by atoms with van der Waals surface area (Å²) in [6.07, 6.45) is 3.43. The molecule has 0 radical (unpaired) electrons. The molecule has 1 aromatic carbocycles. The highest BCUT2D eigenvalue weighted by atomic mass is 35.5. The standard InChI is InChI=1S/C19H15ClFN5OS/c1-11(16-10-17(27-25-16)14-9-13(20)3-4-15(14)21)28-19-24-23-18(26(19)2)12-5-7-22-8-6-12/h3-11H,1-2H3. The highest BCUT2D eigenvalue weighted by Crippen LogP contribution is 2.36. The first-order valence-electron chi connectivity index (χ1n) is 8.41. The average Bonchev–Trinajstić information content (AvgIpc) is 3.32. The quantitative estimate of drug-likeness (QED) is 0.418. The van der Waals surface area contributed by atoms with Crippen LogP contribution in [0.25, 0.3) is 22.7 Å². The van der Waals surface area contributed by atoms with Crippen molar-refractivity contribution in [1.29, 1.82) is 0 Å². The number of nitrogens with zero attached hydrogens (tertiary/aromatic N) is 5. The summed E-state index contributed by atoms with van der Waals surface area (Å²) in [5, 5.41) is 13.7. The van der Waals surface area contributed by atoms with Gasteiger partial charge in [-0.3, -0.25) is 4.98 Å². The number of rotatable bonds is 5. The Morgan fingerprint density at radius 3 is 2.71 bits per heavy atom. The monoisotopic (exact) mass is 415 g/mol. The fourth-order valence-corrected chi connectivity index (χ4v) is 3.73. The van der Waals surface area contributed by atoms with E-state index in [4.69, 9.17) is 16.1 Å². The van der Waals surface area contributed by atoms with Gasteiger partial charge >= 0.3 is 0 Å². The minimum absolute atomic E-state index is 0.0760. The maximum Gasteiger partial charge on any atom is 0.191 e. The topological polar surface area (TPSA) is 69.6 Å². The summed E-state index contributed by atoms with van der Waals surface area (Å²) in [5.74, 6) is 0.666. The highest BCUT2D eigenvalue weighted by Gasteiger charge is 2.20. The Hall–Kier alpha value is -2.71. The molecule has 1 atom stereocenters. The first-order chi connectivity index (χ1) is 13.5. The molecule has 1 unspecified atom stereocenters. The van der Waals surface area contributed by atoms with Gasteiger partial charge in [-0.1, -0.05) is 28.5 Å². The van der Waals surface area contributed by atoms with Gasteiger partial charge in [-0.05, 0) is 37.3 Å². The van der Waals surface area contributed by atoms with Crippen molar-refractivity contribution in [3.05, 3.63) is 65.3 Å². The fourth-order valence-electron chi connectivity index (χ4n) is 2.68. The SMILES string of the molecule is CC(Sc1nnc(-c2ccncc2)n1C)c1cc(-c2cc(Cl)ccc2F)on1. The molecule has 0 saturated heterocycles. The maximum atomic E-state index is 14.1. The van der Waals surface area contributed by atoms with Gasteiger partial charge in [0.25, 0.3) is 0 Å². The first-order valence-corrected chi connectivity index (χ1v) is 9.67. The van der Waals surface area contributed by atoms with E-state index in [0.29, 0.717) is 16.5 Å². The van der Waals surface area contributed by atoms with Gasteiger partial charge in [-0.15, -0.1) is 10.2 Å². The third-order valence-electron chi connectivity index (χ3n) is 4.19. The zero-order chi connectivity index (χ0) is 19.7. The number of benzene rings is 1. The van der Waals surface area contributed by atoms with Crippen LogP contribution in [0.5, 0.6) is 0 Å². The minimum atomic E-state index is -0.414. The lowest BCUT2D eigenvalue weighted by Gasteiger charge is -2.07. The summed E-state index contributed by atoms with van der Waals surface area (Å²) in [6, 6.07) is 9.79. The van der Waals surface area contributed by atoms with Crippen LogP contribution in [0.15, 0.2) is 58.5 Å². The lowest BCUT2D eigenvalue weighted by molar-refractivity contribution is 0.421. The first kappa shape index (κ1) is 18.6. The number of halogens is 2. The van der Waals surface area contributed by atoms with Gasteiger partial charge in [-0.25, -0.2) is 4.39 Å². The third-order valence-corrected chi connectivity index (χ3v) is 5.59. The highest BCUT2D eigenvalue weighted by molar-refractivity contribution is 7.99. The molecule has 3 aromatic heterocycles. The van der Waals surface area contributed by atoms with Crippen LogP contribution in [0.3, 0.4) is 0 Å². The molecule has 3 heterocycles. The van der Waals surface area contributed by atoms with E-state index in [1.54, 1.807) is 18.5 Å². The van der Waals surface area contributed by atoms with Gasteiger partial charge in [0.1, 0.15) is 5.82 Å². The number of pyridine rings is 1. The van der Waals surface area contributed by atoms with Gasteiger partial charge in [0.05, 0.1) is 16.5 Å². The van der Waals surface area contributed by atoms with Gasteiger partial charge in [0.15, 0.2) is 16.7 Å². The second-order valence-electron chi connectivity index (χ2n) is 6.10. The van der Waals surface area contributed by atoms with Crippen LogP contribution in [0.4, 0.5) is 4.39 Å². The molecule has 0 aliphatic carbocycles. The molecule has 4 rings (SSSR count). The Labute approximate surface area is 169 Å². The Kier molecular flexibility index (Phi) is 5.15. The summed E-state index contributed by atoms with van der Waals surface area (Å²) in [5.41, 5.74) is 1.89. The number of thioether (sulfide) groups is 1. The van der Waals surface area contributed by atoms with Crippen LogP contribution in [0, 0.1) is 5.82 Å². The molecule has 28 heavy (non-hydrogen) atoms. The van der Waals surface area contributed by atoms with Crippen molar-refractivity contribution < 1.29 is 8.91 Å². The summed E-state index contributed by atoms with van der Waals surface area (Å²) in [7, 11) is 1.90. The maximum absolute atomic E-state index is 14.1. The van der Waals surface area contributed by atoms with Crippen LogP contribution >= 0.6 is 23.4 Å². The molecule has 0 bridgehead atoms. The van der Waals surface area contributed by atoms with E-state index in [1.807, 2.05) is 30.7 Å². The zero-order valence-electron chi connectivity index (χ0n) is 15.0. The van der Waals surface area contributed by atoms with Crippen molar-refractivity contribution >= 4 is 23.4 Å². The predicted molar refractivity (Wildman–Crippen MR) is 105 cm³/mol. The van der Waals surface area contributed by atoms with Crippen molar-refractivity contribution in [2.24, 2.45) is 7.05 Å². The summed E-state index contributed by atoms with van der Waals surface area (Å²) in [4.78, 5) is 4.02. The van der Waals surface area contributed by atoms with Crippen molar-refractivity contribution in [3.8, 4) is 22.7 Å². The van der Waals surface area contributed by atoms with E-state index in [0.717, 1.165) is 16.5 Å². The van der Waals surface area contributed by atoms with Gasteiger partial charge < -0.3 is 9.09 Å². The third kappa shape index (κ3) is 3.65. The van der Waals surface area contributed by atoms with E-state index < -0.39 is 5.82 Å². The minimum Gasteiger partial charge on any atom is -0.356 e. The predicted octanol–water partition coefficient (Wildman–Crippen LogP) is 5.18. The Bertz CT molecular complexity index is 1110. The molecule has 142 valence electrons. The van der Waals surface area contributed by atoms with Crippen LogP contribution < -0.4 is 0 Å². The fraction of sp³-hybridized carbons (Fsp3) is 0.158. The van der Waals surface area contributed by atoms with E-state index in [1.165, 1.54) is 30.0 Å². The van der Waals surface area contributed by atoms with Crippen LogP contribution in [0.1, 0.15) is 17.9 Å². The average molecular weight is 416 g/mol. The van der Waals surface area contributed by atoms with E-state index in [-0.39, 0.29) is 10.8 Å². The number of hydrogen-bond acceptors (Lipinski definition) is 6.